The molecular formula is C15H10Cl2N6O3. The molecule has 0 aliphatic rings. The standard InChI is InChI=1S/C15H10Cl2N6O3/c16-9-5-6-12(13(7-9)23(25)26)18-14(24)8-22-20-15(19-21-22)10-3-1-2-4-11(10)17/h1-7H,8H2,(H,18,24). The first-order valence-electron chi connectivity index (χ1n) is 7.20. The van der Waals surface area contributed by atoms with Gasteiger partial charge in [-0.25, -0.2) is 0 Å². The number of anilines is 1. The molecule has 11 heteroatoms. The van der Waals surface area contributed by atoms with Crippen molar-refractivity contribution in [3.8, 4) is 11.4 Å². The molecule has 0 aliphatic heterocycles. The highest BCUT2D eigenvalue weighted by Gasteiger charge is 2.17. The van der Waals surface area contributed by atoms with E-state index < -0.39 is 10.8 Å². The molecule has 2 aromatic carbocycles. The lowest BCUT2D eigenvalue weighted by Gasteiger charge is -2.05. The van der Waals surface area contributed by atoms with Crippen LogP contribution >= 0.6 is 23.2 Å². The highest BCUT2D eigenvalue weighted by atomic mass is 35.5. The van der Waals surface area contributed by atoms with Gasteiger partial charge in [-0.05, 0) is 29.5 Å². The van der Waals surface area contributed by atoms with E-state index in [9.17, 15) is 14.9 Å². The summed E-state index contributed by atoms with van der Waals surface area (Å²) < 4.78 is 0. The molecule has 0 fully saturated rings. The Morgan fingerprint density at radius 3 is 2.73 bits per heavy atom. The van der Waals surface area contributed by atoms with E-state index in [0.717, 1.165) is 10.9 Å². The largest absolute Gasteiger partial charge is 0.319 e. The van der Waals surface area contributed by atoms with Crippen LogP contribution in [0.25, 0.3) is 11.4 Å². The number of aromatic nitrogens is 4. The lowest BCUT2D eigenvalue weighted by atomic mass is 10.2. The maximum absolute atomic E-state index is 12.1. The Balaban J connectivity index is 1.74. The Kier molecular flexibility index (Phi) is 5.10. The van der Waals surface area contributed by atoms with Gasteiger partial charge in [0.05, 0.1) is 9.95 Å². The smallest absolute Gasteiger partial charge is 0.294 e. The molecule has 26 heavy (non-hydrogen) atoms. The van der Waals surface area contributed by atoms with Gasteiger partial charge in [-0.3, -0.25) is 14.9 Å². The van der Waals surface area contributed by atoms with E-state index in [1.165, 1.54) is 12.1 Å². The van der Waals surface area contributed by atoms with Crippen molar-refractivity contribution in [2.45, 2.75) is 6.54 Å². The first-order valence-corrected chi connectivity index (χ1v) is 7.96. The van der Waals surface area contributed by atoms with Gasteiger partial charge in [0.1, 0.15) is 12.2 Å². The van der Waals surface area contributed by atoms with Crippen molar-refractivity contribution in [2.75, 3.05) is 5.32 Å². The third-order valence-corrected chi connectivity index (χ3v) is 3.85. The molecule has 1 aromatic heterocycles. The number of hydrogen-bond acceptors (Lipinski definition) is 6. The van der Waals surface area contributed by atoms with Crippen molar-refractivity contribution in [1.29, 1.82) is 0 Å². The number of benzene rings is 2. The lowest BCUT2D eigenvalue weighted by Crippen LogP contribution is -2.21. The van der Waals surface area contributed by atoms with Gasteiger partial charge in [0.25, 0.3) is 5.69 Å². The Bertz CT molecular complexity index is 991. The first-order chi connectivity index (χ1) is 12.4. The van der Waals surface area contributed by atoms with E-state index in [4.69, 9.17) is 23.2 Å². The van der Waals surface area contributed by atoms with Crippen molar-refractivity contribution in [1.82, 2.24) is 20.2 Å². The second-order valence-electron chi connectivity index (χ2n) is 5.09. The van der Waals surface area contributed by atoms with Crippen LogP contribution in [0.2, 0.25) is 10.0 Å². The van der Waals surface area contributed by atoms with E-state index in [0.29, 0.717) is 10.6 Å². The fourth-order valence-electron chi connectivity index (χ4n) is 2.14. The van der Waals surface area contributed by atoms with Crippen molar-refractivity contribution in [2.24, 2.45) is 0 Å². The molecule has 0 atom stereocenters. The van der Waals surface area contributed by atoms with Gasteiger partial charge >= 0.3 is 0 Å². The molecule has 1 amide bonds. The number of halogens is 2. The third-order valence-electron chi connectivity index (χ3n) is 3.28. The molecule has 0 bridgehead atoms. The zero-order valence-electron chi connectivity index (χ0n) is 13.0. The van der Waals surface area contributed by atoms with E-state index in [1.54, 1.807) is 24.3 Å². The van der Waals surface area contributed by atoms with Crippen LogP contribution in [0.4, 0.5) is 11.4 Å². The summed E-state index contributed by atoms with van der Waals surface area (Å²) in [5.74, 6) is -0.292. The van der Waals surface area contributed by atoms with Crippen LogP contribution in [0.5, 0.6) is 0 Å². The van der Waals surface area contributed by atoms with Crippen LogP contribution in [0.15, 0.2) is 42.5 Å². The summed E-state index contributed by atoms with van der Waals surface area (Å²) in [6, 6.07) is 10.9. The second kappa shape index (κ2) is 7.46. The van der Waals surface area contributed by atoms with Crippen LogP contribution in [-0.2, 0) is 11.3 Å². The van der Waals surface area contributed by atoms with Crippen LogP contribution in [0.1, 0.15) is 0 Å². The monoisotopic (exact) mass is 392 g/mol. The van der Waals surface area contributed by atoms with Crippen LogP contribution < -0.4 is 5.32 Å². The molecule has 0 spiro atoms. The fraction of sp³-hybridized carbons (Fsp3) is 0.0667. The number of rotatable bonds is 5. The minimum Gasteiger partial charge on any atom is -0.319 e. The number of amides is 1. The fourth-order valence-corrected chi connectivity index (χ4v) is 2.53. The molecule has 0 saturated heterocycles. The number of nitrogens with zero attached hydrogens (tertiary/aromatic N) is 5. The predicted octanol–water partition coefficient (Wildman–Crippen LogP) is 3.19. The quantitative estimate of drug-likeness (QED) is 0.526. The summed E-state index contributed by atoms with van der Waals surface area (Å²) in [5, 5.41) is 25.9. The van der Waals surface area contributed by atoms with E-state index in [1.807, 2.05) is 0 Å². The van der Waals surface area contributed by atoms with Crippen molar-refractivity contribution in [3.63, 3.8) is 0 Å². The highest BCUT2D eigenvalue weighted by Crippen LogP contribution is 2.28. The average Bonchev–Trinajstić information content (AvgIpc) is 3.04. The first kappa shape index (κ1) is 17.8. The number of carbonyl (C=O) groups excluding carboxylic acids is 1. The molecule has 9 nitrogen and oxygen atoms in total. The molecule has 0 unspecified atom stereocenters. The van der Waals surface area contributed by atoms with E-state index in [2.05, 4.69) is 20.7 Å². The molecule has 1 N–H and O–H groups in total. The third kappa shape index (κ3) is 3.95. The van der Waals surface area contributed by atoms with E-state index >= 15 is 0 Å². The number of nitrogens with one attached hydrogen (secondary N) is 1. The molecule has 3 rings (SSSR count). The van der Waals surface area contributed by atoms with Gasteiger partial charge in [-0.2, -0.15) is 4.80 Å². The second-order valence-corrected chi connectivity index (χ2v) is 5.93. The summed E-state index contributed by atoms with van der Waals surface area (Å²) in [6.07, 6.45) is 0. The molecule has 132 valence electrons. The summed E-state index contributed by atoms with van der Waals surface area (Å²) in [6.45, 7) is -0.281. The zero-order chi connectivity index (χ0) is 18.7. The molecule has 0 saturated carbocycles. The van der Waals surface area contributed by atoms with Crippen LogP contribution in [0, 0.1) is 10.1 Å². The number of carbonyl (C=O) groups is 1. The number of nitro groups is 1. The molecule has 0 aliphatic carbocycles. The van der Waals surface area contributed by atoms with Crippen molar-refractivity contribution >= 4 is 40.5 Å². The number of hydrogen-bond donors (Lipinski definition) is 1. The van der Waals surface area contributed by atoms with Crippen molar-refractivity contribution < 1.29 is 9.72 Å². The predicted molar refractivity (Wildman–Crippen MR) is 95.0 cm³/mol. The Labute approximate surface area is 156 Å². The molecule has 0 radical (unpaired) electrons. The summed E-state index contributed by atoms with van der Waals surface area (Å²) in [4.78, 5) is 23.6. The highest BCUT2D eigenvalue weighted by molar-refractivity contribution is 6.33. The van der Waals surface area contributed by atoms with Crippen LogP contribution in [-0.4, -0.2) is 31.0 Å². The lowest BCUT2D eigenvalue weighted by molar-refractivity contribution is -0.383. The van der Waals surface area contributed by atoms with Gasteiger partial charge in [0.2, 0.25) is 11.7 Å². The van der Waals surface area contributed by atoms with E-state index in [-0.39, 0.29) is 28.8 Å². The Morgan fingerprint density at radius 2 is 2.00 bits per heavy atom. The zero-order valence-corrected chi connectivity index (χ0v) is 14.5. The Morgan fingerprint density at radius 1 is 1.23 bits per heavy atom. The van der Waals surface area contributed by atoms with Crippen LogP contribution in [0.3, 0.4) is 0 Å². The normalized spacial score (nSPS) is 10.5. The van der Waals surface area contributed by atoms with Gasteiger partial charge < -0.3 is 5.32 Å². The minimum atomic E-state index is -0.634. The van der Waals surface area contributed by atoms with Gasteiger partial charge in [-0.1, -0.05) is 35.3 Å². The topological polar surface area (TPSA) is 116 Å². The average molecular weight is 393 g/mol. The number of tetrazole rings is 1. The summed E-state index contributed by atoms with van der Waals surface area (Å²) in [7, 11) is 0. The maximum atomic E-state index is 12.1. The number of nitro benzene ring substituents is 1. The Hall–Kier alpha value is -3.04. The molecule has 3 aromatic rings. The molecular weight excluding hydrogens is 383 g/mol. The SMILES string of the molecule is O=C(Cn1nnc(-c2ccccc2Cl)n1)Nc1ccc(Cl)cc1[N+](=O)[O-]. The minimum absolute atomic E-state index is 0.0239. The summed E-state index contributed by atoms with van der Waals surface area (Å²) >= 11 is 11.8. The van der Waals surface area contributed by atoms with Gasteiger partial charge in [-0.15, -0.1) is 10.2 Å². The van der Waals surface area contributed by atoms with Gasteiger partial charge in [0, 0.05) is 16.7 Å². The maximum Gasteiger partial charge on any atom is 0.294 e. The molecule has 1 heterocycles. The summed E-state index contributed by atoms with van der Waals surface area (Å²) in [5.41, 5.74) is 0.291. The van der Waals surface area contributed by atoms with Crippen molar-refractivity contribution in [3.05, 3.63) is 62.6 Å². The van der Waals surface area contributed by atoms with Gasteiger partial charge in [0.15, 0.2) is 0 Å².